The molecule has 6 rings (SSSR count). The molecule has 2 aromatic carbocycles. The van der Waals surface area contributed by atoms with Crippen LogP contribution in [0.2, 0.25) is 0 Å². The predicted octanol–water partition coefficient (Wildman–Crippen LogP) is 5.79. The van der Waals surface area contributed by atoms with Crippen LogP contribution in [-0.2, 0) is 14.3 Å². The number of rotatable bonds is 5. The Morgan fingerprint density at radius 3 is 2.02 bits per heavy atom. The summed E-state index contributed by atoms with van der Waals surface area (Å²) in [4.78, 5) is 41.8. The van der Waals surface area contributed by atoms with Gasteiger partial charge in [0.2, 0.25) is 0 Å². The molecule has 0 aliphatic heterocycles. The number of Topliss-reactive ketones (excluding diaryl/α,β-unsaturated/α-hetero) is 1. The molecule has 7 heteroatoms. The number of fused-ring (bicyclic) bond motifs is 3. The third kappa shape index (κ3) is 3.90. The summed E-state index contributed by atoms with van der Waals surface area (Å²) >= 11 is 6.55. The minimum absolute atomic E-state index is 0.0562. The van der Waals surface area contributed by atoms with Gasteiger partial charge in [-0.3, -0.25) is 4.79 Å². The number of carbonyl (C=O) groups is 3. The zero-order valence-electron chi connectivity index (χ0n) is 23.7. The molecule has 8 atom stereocenters. The van der Waals surface area contributed by atoms with E-state index in [1.165, 1.54) is 0 Å². The van der Waals surface area contributed by atoms with Gasteiger partial charge in [-0.15, -0.1) is 11.6 Å². The SMILES string of the molecule is CC1=C[C@]23C(=O)[C@@H](C=C(CCl)[C@@H](OC(=O)c4ccccc4)[C@]2(O)[C@H]1OC(=O)c1ccccc1)[C@H]1[C@@H](C[C@H]3C)C1(C)C. The molecule has 1 spiro atoms. The lowest BCUT2D eigenvalue weighted by Gasteiger charge is -2.49. The maximum absolute atomic E-state index is 14.8. The Labute approximate surface area is 245 Å². The van der Waals surface area contributed by atoms with Crippen molar-refractivity contribution in [1.29, 1.82) is 0 Å². The Bertz CT molecular complexity index is 1460. The van der Waals surface area contributed by atoms with Gasteiger partial charge in [0, 0.05) is 11.8 Å². The van der Waals surface area contributed by atoms with Gasteiger partial charge in [-0.1, -0.05) is 69.3 Å². The number of alkyl halides is 1. The van der Waals surface area contributed by atoms with Crippen LogP contribution in [0, 0.1) is 34.5 Å². The van der Waals surface area contributed by atoms with Crippen LogP contribution in [0.15, 0.2) is 84.0 Å². The molecule has 0 heterocycles. The smallest absolute Gasteiger partial charge is 0.338 e. The van der Waals surface area contributed by atoms with Gasteiger partial charge in [-0.05, 0) is 71.9 Å². The van der Waals surface area contributed by atoms with Gasteiger partial charge in [0.15, 0.2) is 23.6 Å². The maximum atomic E-state index is 14.8. The lowest BCUT2D eigenvalue weighted by molar-refractivity contribution is -0.190. The van der Waals surface area contributed by atoms with Gasteiger partial charge in [0.1, 0.15) is 0 Å². The first-order valence-corrected chi connectivity index (χ1v) is 14.8. The van der Waals surface area contributed by atoms with Crippen molar-refractivity contribution in [3.05, 3.63) is 95.1 Å². The third-order valence-corrected chi connectivity index (χ3v) is 10.6. The lowest BCUT2D eigenvalue weighted by Crippen LogP contribution is -2.66. The van der Waals surface area contributed by atoms with Crippen molar-refractivity contribution >= 4 is 29.3 Å². The van der Waals surface area contributed by atoms with Crippen LogP contribution in [-0.4, -0.2) is 46.5 Å². The number of hydrogen-bond acceptors (Lipinski definition) is 6. The first-order valence-electron chi connectivity index (χ1n) is 14.2. The molecule has 0 amide bonds. The molecule has 2 saturated carbocycles. The summed E-state index contributed by atoms with van der Waals surface area (Å²) in [7, 11) is 0. The van der Waals surface area contributed by atoms with Crippen molar-refractivity contribution in [1.82, 2.24) is 0 Å². The van der Waals surface area contributed by atoms with Gasteiger partial charge in [0.25, 0.3) is 0 Å². The Morgan fingerprint density at radius 1 is 0.951 bits per heavy atom. The minimum atomic E-state index is -2.11. The van der Waals surface area contributed by atoms with Gasteiger partial charge < -0.3 is 14.6 Å². The summed E-state index contributed by atoms with van der Waals surface area (Å²) in [5, 5.41) is 13.1. The summed E-state index contributed by atoms with van der Waals surface area (Å²) in [6.07, 6.45) is 1.75. The number of aliphatic hydroxyl groups is 1. The van der Waals surface area contributed by atoms with Crippen molar-refractivity contribution in [2.24, 2.45) is 34.5 Å². The fourth-order valence-electron chi connectivity index (χ4n) is 8.21. The van der Waals surface area contributed by atoms with Crippen LogP contribution >= 0.6 is 11.6 Å². The quantitative estimate of drug-likeness (QED) is 0.276. The van der Waals surface area contributed by atoms with Crippen molar-refractivity contribution < 1.29 is 29.0 Å². The molecule has 6 nitrogen and oxygen atoms in total. The van der Waals surface area contributed by atoms with Gasteiger partial charge in [-0.25, -0.2) is 9.59 Å². The van der Waals surface area contributed by atoms with Crippen molar-refractivity contribution in [3.63, 3.8) is 0 Å². The van der Waals surface area contributed by atoms with Gasteiger partial charge >= 0.3 is 11.9 Å². The second kappa shape index (κ2) is 9.67. The van der Waals surface area contributed by atoms with Crippen molar-refractivity contribution in [2.75, 3.05) is 5.88 Å². The molecule has 0 aromatic heterocycles. The van der Waals surface area contributed by atoms with Crippen LogP contribution in [0.1, 0.15) is 54.8 Å². The van der Waals surface area contributed by atoms with E-state index in [4.69, 9.17) is 21.1 Å². The van der Waals surface area contributed by atoms with Crippen LogP contribution in [0.5, 0.6) is 0 Å². The normalized spacial score (nSPS) is 36.5. The molecule has 0 radical (unpaired) electrons. The average Bonchev–Trinajstić information content (AvgIpc) is 3.46. The molecule has 1 N–H and O–H groups in total. The molecule has 2 aromatic rings. The lowest BCUT2D eigenvalue weighted by atomic mass is 9.59. The largest absolute Gasteiger partial charge is 0.451 e. The topological polar surface area (TPSA) is 89.9 Å². The van der Waals surface area contributed by atoms with Crippen LogP contribution in [0.4, 0.5) is 0 Å². The first kappa shape index (κ1) is 27.9. The third-order valence-electron chi connectivity index (χ3n) is 10.3. The van der Waals surface area contributed by atoms with E-state index in [-0.39, 0.29) is 34.8 Å². The molecule has 4 aliphatic rings. The standard InChI is InChI=1S/C34H35ClO6/c1-19-17-33-20(2)15-25-26(32(25,3)4)24(27(33)36)16-23(18-35)29(41-31(38)22-13-9-6-10-14-22)34(33,39)28(19)40-30(37)21-11-7-5-8-12-21/h5-14,16-17,20,24-26,28-29,39H,15,18H2,1-4H3/t20-,24+,25-,26+,28+,29-,33+,34-/m1/s1. The molecule has 2 fully saturated rings. The van der Waals surface area contributed by atoms with E-state index < -0.39 is 41.1 Å². The second-order valence-corrected chi connectivity index (χ2v) is 13.0. The number of esters is 2. The van der Waals surface area contributed by atoms with E-state index >= 15 is 0 Å². The number of ketones is 1. The van der Waals surface area contributed by atoms with Gasteiger partial charge in [0.05, 0.1) is 16.5 Å². The molecule has 214 valence electrons. The fraction of sp³-hybridized carbons (Fsp3) is 0.441. The number of carbonyl (C=O) groups excluding carboxylic acids is 3. The van der Waals surface area contributed by atoms with E-state index in [1.54, 1.807) is 73.7 Å². The fourth-order valence-corrected chi connectivity index (χ4v) is 8.44. The van der Waals surface area contributed by atoms with Crippen LogP contribution in [0.3, 0.4) is 0 Å². The molecule has 0 unspecified atom stereocenters. The number of ether oxygens (including phenoxy) is 2. The molecule has 41 heavy (non-hydrogen) atoms. The summed E-state index contributed by atoms with van der Waals surface area (Å²) < 4.78 is 12.2. The van der Waals surface area contributed by atoms with Crippen molar-refractivity contribution in [2.45, 2.75) is 51.9 Å². The molecule has 2 bridgehead atoms. The zero-order valence-corrected chi connectivity index (χ0v) is 24.4. The van der Waals surface area contributed by atoms with E-state index in [0.29, 0.717) is 28.7 Å². The predicted molar refractivity (Wildman–Crippen MR) is 154 cm³/mol. The number of allylic oxidation sites excluding steroid dienone is 1. The summed E-state index contributed by atoms with van der Waals surface area (Å²) in [5.41, 5.74) is -2.03. The molecular weight excluding hydrogens is 540 g/mol. The minimum Gasteiger partial charge on any atom is -0.451 e. The average molecular weight is 575 g/mol. The Kier molecular flexibility index (Phi) is 6.59. The molecule has 0 saturated heterocycles. The Balaban J connectivity index is 1.53. The van der Waals surface area contributed by atoms with Gasteiger partial charge in [-0.2, -0.15) is 0 Å². The highest BCUT2D eigenvalue weighted by Crippen LogP contribution is 2.72. The number of halogens is 1. The van der Waals surface area contributed by atoms with Crippen LogP contribution in [0.25, 0.3) is 0 Å². The summed E-state index contributed by atoms with van der Waals surface area (Å²) in [6, 6.07) is 17.0. The first-order chi connectivity index (χ1) is 19.5. The van der Waals surface area contributed by atoms with E-state index in [0.717, 1.165) is 0 Å². The monoisotopic (exact) mass is 574 g/mol. The highest BCUT2D eigenvalue weighted by Gasteiger charge is 2.77. The van der Waals surface area contributed by atoms with E-state index in [1.807, 2.05) is 13.0 Å². The van der Waals surface area contributed by atoms with E-state index in [2.05, 4.69) is 13.8 Å². The highest BCUT2D eigenvalue weighted by molar-refractivity contribution is 6.19. The van der Waals surface area contributed by atoms with Crippen molar-refractivity contribution in [3.8, 4) is 0 Å². The molecule has 4 aliphatic carbocycles. The summed E-state index contributed by atoms with van der Waals surface area (Å²) in [5.74, 6) is -2.00. The summed E-state index contributed by atoms with van der Waals surface area (Å²) in [6.45, 7) is 8.09. The Hall–Kier alpha value is -3.22. The number of hydrogen-bond donors (Lipinski definition) is 1. The second-order valence-electron chi connectivity index (χ2n) is 12.7. The number of benzene rings is 2. The highest BCUT2D eigenvalue weighted by atomic mass is 35.5. The van der Waals surface area contributed by atoms with Crippen LogP contribution < -0.4 is 0 Å². The van der Waals surface area contributed by atoms with E-state index in [9.17, 15) is 19.5 Å². The zero-order chi connectivity index (χ0) is 29.3. The maximum Gasteiger partial charge on any atom is 0.338 e. The molecular formula is C34H35ClO6. The Morgan fingerprint density at radius 2 is 1.49 bits per heavy atom.